The number of aliphatic hydroxyl groups is 1. The Morgan fingerprint density at radius 2 is 2.15 bits per heavy atom. The molecule has 0 spiro atoms. The van der Waals surface area contributed by atoms with E-state index in [9.17, 15) is 5.11 Å². The molecule has 0 aliphatic carbocycles. The second-order valence-corrected chi connectivity index (χ2v) is 4.91. The van der Waals surface area contributed by atoms with Crippen LogP contribution in [0.4, 0.5) is 0 Å². The predicted octanol–water partition coefficient (Wildman–Crippen LogP) is 3.32. The Morgan fingerprint density at radius 1 is 1.46 bits per heavy atom. The van der Waals surface area contributed by atoms with E-state index in [0.717, 1.165) is 12.8 Å². The molecule has 13 heavy (non-hydrogen) atoms. The third kappa shape index (κ3) is 2.82. The van der Waals surface area contributed by atoms with E-state index in [1.807, 2.05) is 0 Å². The summed E-state index contributed by atoms with van der Waals surface area (Å²) in [5.74, 6) is 0.290. The van der Waals surface area contributed by atoms with Gasteiger partial charge in [0.15, 0.2) is 0 Å². The zero-order chi connectivity index (χ0) is 9.84. The second kappa shape index (κ2) is 4.77. The number of aliphatic hydroxyl groups excluding tert-OH is 1. The highest BCUT2D eigenvalue weighted by Gasteiger charge is 2.16. The molecule has 1 aromatic heterocycles. The molecular weight excluding hydrogens is 180 g/mol. The third-order valence-electron chi connectivity index (χ3n) is 2.37. The zero-order valence-electron chi connectivity index (χ0n) is 8.58. The Hall–Kier alpha value is -0.340. The van der Waals surface area contributed by atoms with Crippen LogP contribution in [0, 0.1) is 6.92 Å². The molecule has 0 fully saturated rings. The van der Waals surface area contributed by atoms with Gasteiger partial charge in [-0.2, -0.15) is 0 Å². The summed E-state index contributed by atoms with van der Waals surface area (Å²) in [6.45, 7) is 6.31. The Labute approximate surface area is 84.4 Å². The minimum absolute atomic E-state index is 0.178. The van der Waals surface area contributed by atoms with E-state index in [2.05, 4.69) is 32.9 Å². The lowest BCUT2D eigenvalue weighted by atomic mass is 9.99. The van der Waals surface area contributed by atoms with Crippen LogP contribution in [0.25, 0.3) is 0 Å². The fraction of sp³-hybridized carbons (Fsp3) is 0.636. The summed E-state index contributed by atoms with van der Waals surface area (Å²) in [5, 5.41) is 9.79. The van der Waals surface area contributed by atoms with Crippen LogP contribution in [0.3, 0.4) is 0 Å². The summed E-state index contributed by atoms with van der Waals surface area (Å²) in [6, 6.07) is 4.25. The standard InChI is InChI=1S/C11H18OS/c1-4-5-10(12)9(3)11-7-6-8(2)13-11/h6-7,9-10,12H,4-5H2,1-3H3. The maximum Gasteiger partial charge on any atom is 0.0613 e. The molecule has 1 aromatic rings. The molecule has 1 nitrogen and oxygen atoms in total. The van der Waals surface area contributed by atoms with Gasteiger partial charge in [0.1, 0.15) is 0 Å². The van der Waals surface area contributed by atoms with Crippen molar-refractivity contribution in [3.05, 3.63) is 21.9 Å². The molecule has 0 saturated carbocycles. The van der Waals surface area contributed by atoms with Gasteiger partial charge in [0.2, 0.25) is 0 Å². The fourth-order valence-corrected chi connectivity index (χ4v) is 2.42. The normalized spacial score (nSPS) is 15.7. The molecule has 0 aliphatic rings. The number of thiophene rings is 1. The average molecular weight is 198 g/mol. The van der Waals surface area contributed by atoms with Crippen LogP contribution in [0.1, 0.15) is 42.4 Å². The zero-order valence-corrected chi connectivity index (χ0v) is 9.40. The van der Waals surface area contributed by atoms with Crippen LogP contribution >= 0.6 is 11.3 Å². The summed E-state index contributed by atoms with van der Waals surface area (Å²) in [7, 11) is 0. The first-order valence-corrected chi connectivity index (χ1v) is 5.71. The lowest BCUT2D eigenvalue weighted by Crippen LogP contribution is -2.14. The molecule has 2 heteroatoms. The monoisotopic (exact) mass is 198 g/mol. The maximum atomic E-state index is 9.79. The number of hydrogen-bond acceptors (Lipinski definition) is 2. The molecule has 2 unspecified atom stereocenters. The van der Waals surface area contributed by atoms with Gasteiger partial charge in [-0.15, -0.1) is 11.3 Å². The van der Waals surface area contributed by atoms with Gasteiger partial charge >= 0.3 is 0 Å². The molecule has 0 amide bonds. The van der Waals surface area contributed by atoms with E-state index in [1.165, 1.54) is 9.75 Å². The smallest absolute Gasteiger partial charge is 0.0613 e. The molecule has 74 valence electrons. The lowest BCUT2D eigenvalue weighted by molar-refractivity contribution is 0.140. The highest BCUT2D eigenvalue weighted by molar-refractivity contribution is 7.12. The summed E-state index contributed by atoms with van der Waals surface area (Å²) in [6.07, 6.45) is 1.77. The number of aryl methyl sites for hydroxylation is 1. The summed E-state index contributed by atoms with van der Waals surface area (Å²) >= 11 is 1.79. The topological polar surface area (TPSA) is 20.2 Å². The van der Waals surface area contributed by atoms with Crippen molar-refractivity contribution >= 4 is 11.3 Å². The summed E-state index contributed by atoms with van der Waals surface area (Å²) in [5.41, 5.74) is 0. The van der Waals surface area contributed by atoms with Gasteiger partial charge in [-0.1, -0.05) is 20.3 Å². The van der Waals surface area contributed by atoms with Gasteiger partial charge < -0.3 is 5.11 Å². The van der Waals surface area contributed by atoms with E-state index >= 15 is 0 Å². The SMILES string of the molecule is CCCC(O)C(C)c1ccc(C)s1. The van der Waals surface area contributed by atoms with Crippen molar-refractivity contribution < 1.29 is 5.11 Å². The Bertz CT molecular complexity index is 254. The van der Waals surface area contributed by atoms with E-state index in [1.54, 1.807) is 11.3 Å². The largest absolute Gasteiger partial charge is 0.392 e. The van der Waals surface area contributed by atoms with Crippen molar-refractivity contribution in [1.29, 1.82) is 0 Å². The molecule has 0 aliphatic heterocycles. The van der Waals surface area contributed by atoms with E-state index in [-0.39, 0.29) is 6.10 Å². The van der Waals surface area contributed by atoms with Gasteiger partial charge in [-0.3, -0.25) is 0 Å². The molecule has 0 aromatic carbocycles. The van der Waals surface area contributed by atoms with Crippen LogP contribution in [0.5, 0.6) is 0 Å². The van der Waals surface area contributed by atoms with Gasteiger partial charge in [0.25, 0.3) is 0 Å². The predicted molar refractivity (Wildman–Crippen MR) is 58.4 cm³/mol. The van der Waals surface area contributed by atoms with E-state index in [0.29, 0.717) is 5.92 Å². The minimum Gasteiger partial charge on any atom is -0.392 e. The van der Waals surface area contributed by atoms with Crippen LogP contribution in [-0.4, -0.2) is 11.2 Å². The van der Waals surface area contributed by atoms with Crippen LogP contribution in [-0.2, 0) is 0 Å². The highest BCUT2D eigenvalue weighted by Crippen LogP contribution is 2.28. The molecule has 2 atom stereocenters. The van der Waals surface area contributed by atoms with Crippen LogP contribution < -0.4 is 0 Å². The van der Waals surface area contributed by atoms with Crippen molar-refractivity contribution in [2.75, 3.05) is 0 Å². The van der Waals surface area contributed by atoms with Crippen LogP contribution in [0.2, 0.25) is 0 Å². The van der Waals surface area contributed by atoms with E-state index < -0.39 is 0 Å². The van der Waals surface area contributed by atoms with Crippen molar-refractivity contribution in [3.63, 3.8) is 0 Å². The quantitative estimate of drug-likeness (QED) is 0.787. The Balaban J connectivity index is 2.61. The first-order chi connectivity index (χ1) is 6.15. The van der Waals surface area contributed by atoms with Crippen molar-refractivity contribution in [3.8, 4) is 0 Å². The van der Waals surface area contributed by atoms with Gasteiger partial charge in [0, 0.05) is 15.7 Å². The first kappa shape index (κ1) is 10.7. The summed E-state index contributed by atoms with van der Waals surface area (Å²) < 4.78 is 0. The third-order valence-corrected chi connectivity index (χ3v) is 3.57. The first-order valence-electron chi connectivity index (χ1n) is 4.89. The van der Waals surface area contributed by atoms with Crippen LogP contribution in [0.15, 0.2) is 12.1 Å². The van der Waals surface area contributed by atoms with E-state index in [4.69, 9.17) is 0 Å². The average Bonchev–Trinajstić information content (AvgIpc) is 2.51. The lowest BCUT2D eigenvalue weighted by Gasteiger charge is -2.16. The van der Waals surface area contributed by atoms with Gasteiger partial charge in [0.05, 0.1) is 6.10 Å². The van der Waals surface area contributed by atoms with Crippen molar-refractivity contribution in [2.45, 2.75) is 45.6 Å². The molecule has 0 bridgehead atoms. The molecule has 1 heterocycles. The van der Waals surface area contributed by atoms with Gasteiger partial charge in [-0.25, -0.2) is 0 Å². The number of hydrogen-bond donors (Lipinski definition) is 1. The Morgan fingerprint density at radius 3 is 2.62 bits per heavy atom. The molecule has 0 saturated heterocycles. The minimum atomic E-state index is -0.178. The van der Waals surface area contributed by atoms with Crippen molar-refractivity contribution in [2.24, 2.45) is 0 Å². The molecule has 0 radical (unpaired) electrons. The molecule has 1 N–H and O–H groups in total. The second-order valence-electron chi connectivity index (χ2n) is 3.59. The highest BCUT2D eigenvalue weighted by atomic mass is 32.1. The number of rotatable bonds is 4. The van der Waals surface area contributed by atoms with Gasteiger partial charge in [-0.05, 0) is 25.5 Å². The maximum absolute atomic E-state index is 9.79. The van der Waals surface area contributed by atoms with Crippen molar-refractivity contribution in [1.82, 2.24) is 0 Å². The molecule has 1 rings (SSSR count). The fourth-order valence-electron chi connectivity index (χ4n) is 1.43. The molecular formula is C11H18OS. The Kier molecular flexibility index (Phi) is 3.94. The summed E-state index contributed by atoms with van der Waals surface area (Å²) in [4.78, 5) is 2.63.